The van der Waals surface area contributed by atoms with Crippen LogP contribution in [0.15, 0.2) is 54.9 Å². The fourth-order valence-corrected chi connectivity index (χ4v) is 4.50. The van der Waals surface area contributed by atoms with Crippen molar-refractivity contribution in [3.8, 4) is 17.3 Å². The standard InChI is InChI=1S/C25H27N7/c1-31-25(28-17-29-31)7-10-27-21-8-11-32(12-9-21)22-4-2-3-19(14-22)24-15-20-13-18(16-26)5-6-23(20)30-24/h2-6,13-15,17,21,27,30H,7-12H2,1H3. The fraction of sp³-hybridized carbons (Fsp3) is 0.320. The molecule has 3 heterocycles. The summed E-state index contributed by atoms with van der Waals surface area (Å²) in [5.74, 6) is 1.02. The highest BCUT2D eigenvalue weighted by molar-refractivity contribution is 5.87. The van der Waals surface area contributed by atoms with E-state index in [2.05, 4.69) is 61.7 Å². The van der Waals surface area contributed by atoms with E-state index in [9.17, 15) is 0 Å². The Morgan fingerprint density at radius 2 is 2.03 bits per heavy atom. The monoisotopic (exact) mass is 425 g/mol. The third kappa shape index (κ3) is 4.23. The molecule has 2 N–H and O–H groups in total. The lowest BCUT2D eigenvalue weighted by atomic mass is 10.0. The third-order valence-electron chi connectivity index (χ3n) is 6.35. The van der Waals surface area contributed by atoms with Gasteiger partial charge in [-0.3, -0.25) is 4.68 Å². The van der Waals surface area contributed by atoms with E-state index in [1.807, 2.05) is 29.9 Å². The van der Waals surface area contributed by atoms with Crippen LogP contribution in [0.25, 0.3) is 22.2 Å². The first kappa shape index (κ1) is 20.3. The maximum atomic E-state index is 9.15. The highest BCUT2D eigenvalue weighted by Crippen LogP contribution is 2.29. The molecule has 7 heteroatoms. The molecule has 2 aromatic carbocycles. The van der Waals surface area contributed by atoms with Crippen molar-refractivity contribution in [3.63, 3.8) is 0 Å². The molecule has 1 aliphatic rings. The molecular formula is C25H27N7. The van der Waals surface area contributed by atoms with Crippen LogP contribution in [0.5, 0.6) is 0 Å². The Hall–Kier alpha value is -3.63. The van der Waals surface area contributed by atoms with Gasteiger partial charge in [0, 0.05) is 61.4 Å². The number of nitrogens with one attached hydrogen (secondary N) is 2. The molecule has 5 rings (SSSR count). The number of aryl methyl sites for hydroxylation is 1. The second kappa shape index (κ2) is 8.85. The Labute approximate surface area is 187 Å². The molecule has 7 nitrogen and oxygen atoms in total. The maximum absolute atomic E-state index is 9.15. The number of aromatic amines is 1. The third-order valence-corrected chi connectivity index (χ3v) is 6.35. The van der Waals surface area contributed by atoms with Gasteiger partial charge in [-0.05, 0) is 54.8 Å². The van der Waals surface area contributed by atoms with Crippen LogP contribution in [0.2, 0.25) is 0 Å². The highest BCUT2D eigenvalue weighted by Gasteiger charge is 2.19. The predicted octanol–water partition coefficient (Wildman–Crippen LogP) is 3.64. The van der Waals surface area contributed by atoms with Crippen molar-refractivity contribution in [2.24, 2.45) is 7.05 Å². The van der Waals surface area contributed by atoms with Crippen molar-refractivity contribution in [3.05, 3.63) is 66.2 Å². The molecule has 2 aromatic heterocycles. The van der Waals surface area contributed by atoms with Gasteiger partial charge in [-0.1, -0.05) is 12.1 Å². The summed E-state index contributed by atoms with van der Waals surface area (Å²) in [5, 5.41) is 18.0. The molecule has 0 bridgehead atoms. The van der Waals surface area contributed by atoms with Crippen LogP contribution in [0.1, 0.15) is 24.2 Å². The number of aromatic nitrogens is 4. The normalized spacial score (nSPS) is 14.7. The summed E-state index contributed by atoms with van der Waals surface area (Å²) in [4.78, 5) is 10.3. The zero-order valence-corrected chi connectivity index (χ0v) is 18.3. The van der Waals surface area contributed by atoms with E-state index in [0.717, 1.165) is 61.3 Å². The summed E-state index contributed by atoms with van der Waals surface area (Å²) in [6.07, 6.45) is 4.78. The second-order valence-corrected chi connectivity index (χ2v) is 8.41. The van der Waals surface area contributed by atoms with Crippen LogP contribution >= 0.6 is 0 Å². The van der Waals surface area contributed by atoms with Crippen molar-refractivity contribution in [1.82, 2.24) is 25.1 Å². The first-order valence-corrected chi connectivity index (χ1v) is 11.1. The lowest BCUT2D eigenvalue weighted by Gasteiger charge is -2.34. The molecule has 0 amide bonds. The Bertz CT molecular complexity index is 1250. The summed E-state index contributed by atoms with van der Waals surface area (Å²) < 4.78 is 1.84. The number of hydrogen-bond donors (Lipinski definition) is 2. The van der Waals surface area contributed by atoms with Gasteiger partial charge in [0.1, 0.15) is 12.2 Å². The molecule has 0 aliphatic carbocycles. The number of piperidine rings is 1. The van der Waals surface area contributed by atoms with Crippen LogP contribution in [-0.4, -0.2) is 45.4 Å². The van der Waals surface area contributed by atoms with Crippen LogP contribution in [0, 0.1) is 11.3 Å². The second-order valence-electron chi connectivity index (χ2n) is 8.41. The first-order valence-electron chi connectivity index (χ1n) is 11.1. The molecule has 4 aromatic rings. The van der Waals surface area contributed by atoms with E-state index < -0.39 is 0 Å². The molecule has 0 radical (unpaired) electrons. The van der Waals surface area contributed by atoms with Crippen molar-refractivity contribution in [1.29, 1.82) is 5.26 Å². The van der Waals surface area contributed by atoms with Crippen LogP contribution in [0.4, 0.5) is 5.69 Å². The van der Waals surface area contributed by atoms with E-state index in [-0.39, 0.29) is 0 Å². The zero-order valence-electron chi connectivity index (χ0n) is 18.3. The smallest absolute Gasteiger partial charge is 0.138 e. The maximum Gasteiger partial charge on any atom is 0.138 e. The molecule has 162 valence electrons. The number of fused-ring (bicyclic) bond motifs is 1. The van der Waals surface area contributed by atoms with Crippen LogP contribution in [0.3, 0.4) is 0 Å². The van der Waals surface area contributed by atoms with E-state index in [4.69, 9.17) is 5.26 Å². The quantitative estimate of drug-likeness (QED) is 0.493. The average molecular weight is 426 g/mol. The first-order chi connectivity index (χ1) is 15.7. The zero-order chi connectivity index (χ0) is 21.9. The molecule has 32 heavy (non-hydrogen) atoms. The summed E-state index contributed by atoms with van der Waals surface area (Å²) in [7, 11) is 1.94. The van der Waals surface area contributed by atoms with Crippen molar-refractivity contribution < 1.29 is 0 Å². The summed E-state index contributed by atoms with van der Waals surface area (Å²) in [6, 6.07) is 19.4. The number of nitriles is 1. The Morgan fingerprint density at radius 1 is 1.16 bits per heavy atom. The van der Waals surface area contributed by atoms with E-state index in [1.54, 1.807) is 6.33 Å². The molecule has 0 spiro atoms. The van der Waals surface area contributed by atoms with E-state index in [1.165, 1.54) is 11.3 Å². The van der Waals surface area contributed by atoms with Crippen molar-refractivity contribution >= 4 is 16.6 Å². The summed E-state index contributed by atoms with van der Waals surface area (Å²) in [6.45, 7) is 3.02. The number of benzene rings is 2. The lowest BCUT2D eigenvalue weighted by Crippen LogP contribution is -2.43. The van der Waals surface area contributed by atoms with Crippen molar-refractivity contribution in [2.45, 2.75) is 25.3 Å². The molecular weight excluding hydrogens is 398 g/mol. The van der Waals surface area contributed by atoms with Gasteiger partial charge in [-0.25, -0.2) is 4.98 Å². The van der Waals surface area contributed by atoms with Gasteiger partial charge in [0.15, 0.2) is 0 Å². The predicted molar refractivity (Wildman–Crippen MR) is 126 cm³/mol. The Balaban J connectivity index is 1.21. The Morgan fingerprint density at radius 3 is 2.81 bits per heavy atom. The number of rotatable bonds is 6. The Kier molecular flexibility index (Phi) is 5.61. The number of nitrogens with zero attached hydrogens (tertiary/aromatic N) is 5. The van der Waals surface area contributed by atoms with E-state index in [0.29, 0.717) is 11.6 Å². The molecule has 0 saturated carbocycles. The minimum Gasteiger partial charge on any atom is -0.371 e. The van der Waals surface area contributed by atoms with Gasteiger partial charge in [-0.15, -0.1) is 0 Å². The number of H-pyrrole nitrogens is 1. The SMILES string of the molecule is Cn1ncnc1CCNC1CCN(c2cccc(-c3cc4cc(C#N)ccc4[nH]3)c2)CC1. The fourth-order valence-electron chi connectivity index (χ4n) is 4.50. The van der Waals surface area contributed by atoms with Gasteiger partial charge < -0.3 is 15.2 Å². The summed E-state index contributed by atoms with van der Waals surface area (Å²) >= 11 is 0. The van der Waals surface area contributed by atoms with Crippen LogP contribution < -0.4 is 10.2 Å². The minimum absolute atomic E-state index is 0.547. The molecule has 0 atom stereocenters. The molecule has 0 unspecified atom stereocenters. The van der Waals surface area contributed by atoms with Crippen molar-refractivity contribution in [2.75, 3.05) is 24.5 Å². The largest absolute Gasteiger partial charge is 0.371 e. The van der Waals surface area contributed by atoms with E-state index >= 15 is 0 Å². The summed E-state index contributed by atoms with van der Waals surface area (Å²) in [5.41, 5.74) is 5.25. The number of hydrogen-bond acceptors (Lipinski definition) is 5. The van der Waals surface area contributed by atoms with Gasteiger partial charge in [0.05, 0.1) is 11.6 Å². The number of anilines is 1. The average Bonchev–Trinajstić information content (AvgIpc) is 3.45. The van der Waals surface area contributed by atoms with Gasteiger partial charge in [0.2, 0.25) is 0 Å². The van der Waals surface area contributed by atoms with Crippen LogP contribution in [-0.2, 0) is 13.5 Å². The molecule has 1 aliphatic heterocycles. The topological polar surface area (TPSA) is 85.6 Å². The molecule has 1 saturated heterocycles. The highest BCUT2D eigenvalue weighted by atomic mass is 15.3. The van der Waals surface area contributed by atoms with Gasteiger partial charge in [0.25, 0.3) is 0 Å². The lowest BCUT2D eigenvalue weighted by molar-refractivity contribution is 0.415. The van der Waals surface area contributed by atoms with Gasteiger partial charge in [-0.2, -0.15) is 10.4 Å². The minimum atomic E-state index is 0.547. The van der Waals surface area contributed by atoms with Gasteiger partial charge >= 0.3 is 0 Å². The molecule has 1 fully saturated rings.